The fraction of sp³-hybridized carbons (Fsp3) is 0. The van der Waals surface area contributed by atoms with Gasteiger partial charge in [0.25, 0.3) is 11.1 Å². The van der Waals surface area contributed by atoms with Crippen molar-refractivity contribution in [1.29, 1.82) is 0 Å². The van der Waals surface area contributed by atoms with E-state index in [1.165, 1.54) is 0 Å². The Balaban J connectivity index is 1.82. The maximum atomic E-state index is 12.3. The molecule has 0 spiro atoms. The van der Waals surface area contributed by atoms with Gasteiger partial charge in [-0.15, -0.1) is 0 Å². The molecular weight excluding hydrogens is 322 g/mol. The summed E-state index contributed by atoms with van der Waals surface area (Å²) < 4.78 is 5.15. The molecule has 1 fully saturated rings. The summed E-state index contributed by atoms with van der Waals surface area (Å²) in [6, 6.07) is 10.2. The van der Waals surface area contributed by atoms with Gasteiger partial charge in [-0.25, -0.2) is 4.90 Å². The molecule has 0 unspecified atom stereocenters. The summed E-state index contributed by atoms with van der Waals surface area (Å²) in [4.78, 5) is 25.8. The molecule has 22 heavy (non-hydrogen) atoms. The van der Waals surface area contributed by atoms with Crippen LogP contribution < -0.4 is 4.90 Å². The number of allylic oxidation sites excluding steroid dienone is 2. The zero-order chi connectivity index (χ0) is 15.5. The SMILES string of the molecule is O=C1SC(=CC=Cc2ccco2)C(=O)N1c1cccc(Cl)c1. The van der Waals surface area contributed by atoms with Crippen molar-refractivity contribution < 1.29 is 14.0 Å². The Labute approximate surface area is 136 Å². The van der Waals surface area contributed by atoms with Crippen molar-refractivity contribution in [2.24, 2.45) is 0 Å². The summed E-state index contributed by atoms with van der Waals surface area (Å²) in [7, 11) is 0. The van der Waals surface area contributed by atoms with Crippen molar-refractivity contribution in [2.75, 3.05) is 4.90 Å². The largest absolute Gasteiger partial charge is 0.465 e. The Kier molecular flexibility index (Phi) is 4.18. The Morgan fingerprint density at radius 2 is 2.05 bits per heavy atom. The second kappa shape index (κ2) is 6.25. The van der Waals surface area contributed by atoms with Crippen molar-refractivity contribution in [3.05, 3.63) is 70.5 Å². The van der Waals surface area contributed by atoms with Crippen LogP contribution in [0.4, 0.5) is 10.5 Å². The summed E-state index contributed by atoms with van der Waals surface area (Å²) in [5, 5.41) is 0.128. The van der Waals surface area contributed by atoms with E-state index in [4.69, 9.17) is 16.0 Å². The fourth-order valence-corrected chi connectivity index (χ4v) is 2.91. The highest BCUT2D eigenvalue weighted by Crippen LogP contribution is 2.35. The monoisotopic (exact) mass is 331 g/mol. The molecule has 0 saturated carbocycles. The van der Waals surface area contributed by atoms with Crippen LogP contribution in [0.15, 0.2) is 64.1 Å². The quantitative estimate of drug-likeness (QED) is 0.763. The lowest BCUT2D eigenvalue weighted by Gasteiger charge is -2.12. The smallest absolute Gasteiger partial charge is 0.298 e. The lowest BCUT2D eigenvalue weighted by atomic mass is 10.3. The summed E-state index contributed by atoms with van der Waals surface area (Å²) >= 11 is 6.80. The fourth-order valence-electron chi connectivity index (χ4n) is 1.94. The first-order valence-electron chi connectivity index (χ1n) is 6.39. The minimum absolute atomic E-state index is 0.343. The molecule has 2 amide bonds. The van der Waals surface area contributed by atoms with Gasteiger partial charge in [-0.2, -0.15) is 0 Å². The molecule has 0 N–H and O–H groups in total. The molecular formula is C16H10ClNO3S. The standard InChI is InChI=1S/C16H10ClNO3S/c17-11-4-1-5-12(10-11)18-15(19)14(22-16(18)20)8-2-6-13-7-3-9-21-13/h1-10H. The van der Waals surface area contributed by atoms with Gasteiger partial charge in [-0.1, -0.05) is 23.7 Å². The minimum atomic E-state index is -0.360. The first-order valence-corrected chi connectivity index (χ1v) is 7.58. The van der Waals surface area contributed by atoms with E-state index in [0.29, 0.717) is 21.4 Å². The van der Waals surface area contributed by atoms with Crippen molar-refractivity contribution in [2.45, 2.75) is 0 Å². The molecule has 0 aliphatic carbocycles. The molecule has 6 heteroatoms. The number of nitrogens with zero attached hydrogens (tertiary/aromatic N) is 1. The van der Waals surface area contributed by atoms with E-state index in [1.54, 1.807) is 60.9 Å². The number of hydrogen-bond acceptors (Lipinski definition) is 4. The molecule has 1 aliphatic rings. The number of carbonyl (C=O) groups excluding carboxylic acids is 2. The predicted molar refractivity (Wildman–Crippen MR) is 87.8 cm³/mol. The number of furan rings is 1. The molecule has 1 saturated heterocycles. The number of hydrogen-bond donors (Lipinski definition) is 0. The highest BCUT2D eigenvalue weighted by molar-refractivity contribution is 8.18. The second-order valence-electron chi connectivity index (χ2n) is 4.39. The van der Waals surface area contributed by atoms with Gasteiger partial charge in [-0.3, -0.25) is 9.59 Å². The van der Waals surface area contributed by atoms with Gasteiger partial charge in [0.15, 0.2) is 0 Å². The van der Waals surface area contributed by atoms with Gasteiger partial charge in [0, 0.05) is 5.02 Å². The van der Waals surface area contributed by atoms with Crippen LogP contribution in [0.1, 0.15) is 5.76 Å². The number of amides is 2. The van der Waals surface area contributed by atoms with Crippen LogP contribution in [0.25, 0.3) is 6.08 Å². The van der Waals surface area contributed by atoms with E-state index in [9.17, 15) is 9.59 Å². The van der Waals surface area contributed by atoms with Crippen LogP contribution in [0.5, 0.6) is 0 Å². The molecule has 1 aromatic heterocycles. The van der Waals surface area contributed by atoms with Crippen LogP contribution in [-0.2, 0) is 4.79 Å². The zero-order valence-electron chi connectivity index (χ0n) is 11.2. The van der Waals surface area contributed by atoms with Crippen molar-refractivity contribution in [3.63, 3.8) is 0 Å². The van der Waals surface area contributed by atoms with Crippen LogP contribution in [0.3, 0.4) is 0 Å². The third-order valence-electron chi connectivity index (χ3n) is 2.91. The first kappa shape index (κ1) is 14.7. The molecule has 1 aliphatic heterocycles. The normalized spacial score (nSPS) is 17.1. The number of halogens is 1. The average Bonchev–Trinajstić information content (AvgIpc) is 3.08. The van der Waals surface area contributed by atoms with Crippen molar-refractivity contribution in [1.82, 2.24) is 0 Å². The summed E-state index contributed by atoms with van der Waals surface area (Å²) in [5.41, 5.74) is 0.466. The number of thioether (sulfide) groups is 1. The molecule has 110 valence electrons. The van der Waals surface area contributed by atoms with Crippen LogP contribution in [0.2, 0.25) is 5.02 Å². The summed E-state index contributed by atoms with van der Waals surface area (Å²) in [5.74, 6) is 0.312. The molecule has 0 atom stereocenters. The van der Waals surface area contributed by atoms with Gasteiger partial charge in [0.2, 0.25) is 0 Å². The summed E-state index contributed by atoms with van der Waals surface area (Å²) in [6.45, 7) is 0. The maximum Gasteiger partial charge on any atom is 0.298 e. The van der Waals surface area contributed by atoms with E-state index in [0.717, 1.165) is 16.7 Å². The van der Waals surface area contributed by atoms with Gasteiger partial charge in [0.1, 0.15) is 5.76 Å². The predicted octanol–water partition coefficient (Wildman–Crippen LogP) is 4.73. The number of imide groups is 1. The minimum Gasteiger partial charge on any atom is -0.465 e. The molecule has 0 bridgehead atoms. The molecule has 3 rings (SSSR count). The number of rotatable bonds is 3. The highest BCUT2D eigenvalue weighted by Gasteiger charge is 2.35. The van der Waals surface area contributed by atoms with Crippen LogP contribution in [-0.4, -0.2) is 11.1 Å². The molecule has 4 nitrogen and oxygen atoms in total. The highest BCUT2D eigenvalue weighted by atomic mass is 35.5. The van der Waals surface area contributed by atoms with Crippen LogP contribution >= 0.6 is 23.4 Å². The van der Waals surface area contributed by atoms with Gasteiger partial charge in [0.05, 0.1) is 16.9 Å². The van der Waals surface area contributed by atoms with Gasteiger partial charge in [-0.05, 0) is 54.2 Å². The van der Waals surface area contributed by atoms with E-state index < -0.39 is 0 Å². The Bertz CT molecular complexity index is 780. The Hall–Kier alpha value is -2.24. The topological polar surface area (TPSA) is 50.5 Å². The third-order valence-corrected chi connectivity index (χ3v) is 4.03. The number of benzene rings is 1. The summed E-state index contributed by atoms with van der Waals surface area (Å²) in [6.07, 6.45) is 6.55. The maximum absolute atomic E-state index is 12.3. The molecule has 2 heterocycles. The Morgan fingerprint density at radius 1 is 1.18 bits per heavy atom. The number of carbonyl (C=O) groups is 2. The Morgan fingerprint density at radius 3 is 2.77 bits per heavy atom. The average molecular weight is 332 g/mol. The first-order chi connectivity index (χ1) is 10.6. The molecule has 2 aromatic rings. The van der Waals surface area contributed by atoms with Gasteiger partial charge >= 0.3 is 0 Å². The van der Waals surface area contributed by atoms with E-state index >= 15 is 0 Å². The number of anilines is 1. The van der Waals surface area contributed by atoms with Crippen LogP contribution in [0, 0.1) is 0 Å². The van der Waals surface area contributed by atoms with Crippen molar-refractivity contribution >= 4 is 46.3 Å². The lowest BCUT2D eigenvalue weighted by molar-refractivity contribution is -0.113. The third kappa shape index (κ3) is 3.00. The second-order valence-corrected chi connectivity index (χ2v) is 5.82. The molecule has 1 aromatic carbocycles. The zero-order valence-corrected chi connectivity index (χ0v) is 12.8. The lowest BCUT2D eigenvalue weighted by Crippen LogP contribution is -2.27. The van der Waals surface area contributed by atoms with Gasteiger partial charge < -0.3 is 4.42 Å². The van der Waals surface area contributed by atoms with E-state index in [2.05, 4.69) is 0 Å². The van der Waals surface area contributed by atoms with Crippen molar-refractivity contribution in [3.8, 4) is 0 Å². The van der Waals surface area contributed by atoms with E-state index in [1.807, 2.05) is 0 Å². The van der Waals surface area contributed by atoms with E-state index in [-0.39, 0.29) is 11.1 Å². The molecule has 0 radical (unpaired) electrons.